The number of rotatable bonds is 43. The summed E-state index contributed by atoms with van der Waals surface area (Å²) in [7, 11) is 5.41. The van der Waals surface area contributed by atoms with Gasteiger partial charge in [0.1, 0.15) is 12.6 Å². The third-order valence-corrected chi connectivity index (χ3v) is 10.6. The maximum atomic E-state index is 12.8. The molecule has 0 saturated heterocycles. The molecule has 0 heterocycles. The van der Waals surface area contributed by atoms with E-state index in [0.717, 1.165) is 77.0 Å². The second-order valence-electron chi connectivity index (χ2n) is 17.3. The third-order valence-electron chi connectivity index (χ3n) is 10.6. The van der Waals surface area contributed by atoms with Gasteiger partial charge in [0.25, 0.3) is 0 Å². The maximum absolute atomic E-state index is 12.8. The first-order chi connectivity index (χ1) is 29.1. The number of carboxylic acid groups (broad SMARTS) is 1. The highest BCUT2D eigenvalue weighted by Gasteiger charge is 2.25. The van der Waals surface area contributed by atoms with E-state index in [0.29, 0.717) is 12.8 Å². The molecule has 0 fully saturated rings. The molecule has 2 unspecified atom stereocenters. The second-order valence-corrected chi connectivity index (χ2v) is 17.3. The Morgan fingerprint density at radius 3 is 1.38 bits per heavy atom. The minimum Gasteiger partial charge on any atom is -0.544 e. The predicted octanol–water partition coefficient (Wildman–Crippen LogP) is 12.4. The zero-order valence-electron chi connectivity index (χ0n) is 39.4. The van der Waals surface area contributed by atoms with Crippen LogP contribution in [0.15, 0.2) is 60.8 Å². The van der Waals surface area contributed by atoms with Crippen molar-refractivity contribution >= 4 is 17.9 Å². The van der Waals surface area contributed by atoms with Gasteiger partial charge in [0.05, 0.1) is 40.3 Å². The quantitative estimate of drug-likeness (QED) is 0.0261. The van der Waals surface area contributed by atoms with Crippen LogP contribution in [0, 0.1) is 0 Å². The predicted molar refractivity (Wildman–Crippen MR) is 249 cm³/mol. The fraction of sp³-hybridized carbons (Fsp3) is 0.750. The normalized spacial score (nSPS) is 13.4. The van der Waals surface area contributed by atoms with E-state index in [1.807, 2.05) is 0 Å². The Labute approximate surface area is 368 Å². The summed E-state index contributed by atoms with van der Waals surface area (Å²) in [6.45, 7) is 4.52. The minimum absolute atomic E-state index is 0.0343. The Kier molecular flexibility index (Phi) is 40.6. The van der Waals surface area contributed by atoms with Gasteiger partial charge in [-0.3, -0.25) is 9.59 Å². The van der Waals surface area contributed by atoms with Gasteiger partial charge >= 0.3 is 11.9 Å². The largest absolute Gasteiger partial charge is 0.544 e. The molecule has 0 aliphatic heterocycles. The van der Waals surface area contributed by atoms with E-state index < -0.39 is 18.1 Å². The van der Waals surface area contributed by atoms with Gasteiger partial charge in [-0.05, 0) is 77.0 Å². The number of carbonyl (C=O) groups excluding carboxylic acids is 3. The van der Waals surface area contributed by atoms with Gasteiger partial charge in [-0.15, -0.1) is 0 Å². The molecule has 0 aliphatic rings. The maximum Gasteiger partial charge on any atom is 0.306 e. The van der Waals surface area contributed by atoms with Crippen LogP contribution in [0.5, 0.6) is 0 Å². The Hall–Kier alpha value is -2.97. The van der Waals surface area contributed by atoms with Crippen molar-refractivity contribution in [1.82, 2.24) is 0 Å². The van der Waals surface area contributed by atoms with Crippen LogP contribution in [0.2, 0.25) is 0 Å². The third kappa shape index (κ3) is 40.4. The zero-order chi connectivity index (χ0) is 44.2. The van der Waals surface area contributed by atoms with E-state index in [9.17, 15) is 19.5 Å². The summed E-state index contributed by atoms with van der Waals surface area (Å²) < 4.78 is 17.2. The molecule has 8 heteroatoms. The Balaban J connectivity index is 4.30. The van der Waals surface area contributed by atoms with Crippen molar-refractivity contribution in [3.8, 4) is 0 Å². The Bertz CT molecular complexity index is 1170. The summed E-state index contributed by atoms with van der Waals surface area (Å²) in [5.74, 6) is -1.75. The van der Waals surface area contributed by atoms with E-state index in [4.69, 9.17) is 14.2 Å². The molecule has 2 atom stereocenters. The Morgan fingerprint density at radius 1 is 0.517 bits per heavy atom. The van der Waals surface area contributed by atoms with Gasteiger partial charge in [0, 0.05) is 19.3 Å². The molecule has 0 radical (unpaired) electrons. The van der Waals surface area contributed by atoms with Crippen molar-refractivity contribution in [3.05, 3.63) is 60.8 Å². The number of aliphatic carboxylic acids is 1. The summed E-state index contributed by atoms with van der Waals surface area (Å²) >= 11 is 0. The van der Waals surface area contributed by atoms with Crippen LogP contribution in [0.1, 0.15) is 200 Å². The van der Waals surface area contributed by atoms with Gasteiger partial charge in [-0.25, -0.2) is 0 Å². The SMILES string of the molecule is CC/C=C/C/C=C/C/C=C/CCCCCCCCCCCC(=O)OCC(COCCC(C(=O)[O-])[N+](C)(C)C)OC(=O)CCCCCCCCC/C=C/C/C=C/CCCCC. The van der Waals surface area contributed by atoms with Crippen LogP contribution < -0.4 is 5.11 Å². The number of nitrogens with zero attached hydrogens (tertiary/aromatic N) is 1. The summed E-state index contributed by atoms with van der Waals surface area (Å²) in [6, 6.07) is -0.730. The first kappa shape index (κ1) is 57.0. The molecule has 0 saturated carbocycles. The fourth-order valence-electron chi connectivity index (χ4n) is 6.88. The van der Waals surface area contributed by atoms with Crippen molar-refractivity contribution < 1.29 is 38.2 Å². The lowest BCUT2D eigenvalue weighted by Crippen LogP contribution is -2.55. The topological polar surface area (TPSA) is 102 Å². The van der Waals surface area contributed by atoms with Crippen molar-refractivity contribution in [1.29, 1.82) is 0 Å². The molecule has 60 heavy (non-hydrogen) atoms. The zero-order valence-corrected chi connectivity index (χ0v) is 39.4. The van der Waals surface area contributed by atoms with Gasteiger partial charge in [0.2, 0.25) is 0 Å². The van der Waals surface area contributed by atoms with Crippen LogP contribution in [-0.4, -0.2) is 75.5 Å². The molecule has 8 nitrogen and oxygen atoms in total. The number of quaternary nitrogens is 1. The van der Waals surface area contributed by atoms with Gasteiger partial charge in [-0.1, -0.05) is 164 Å². The summed E-state index contributed by atoms with van der Waals surface area (Å²) in [5, 5.41) is 11.6. The van der Waals surface area contributed by atoms with Crippen molar-refractivity contribution in [2.75, 3.05) is 41.0 Å². The lowest BCUT2D eigenvalue weighted by Gasteiger charge is -2.34. The number of hydrogen-bond donors (Lipinski definition) is 0. The number of allylic oxidation sites excluding steroid dienone is 10. The van der Waals surface area contributed by atoms with E-state index in [1.54, 1.807) is 21.1 Å². The molecule has 0 aliphatic carbocycles. The fourth-order valence-corrected chi connectivity index (χ4v) is 6.88. The molecule has 0 N–H and O–H groups in total. The summed E-state index contributed by atoms with van der Waals surface area (Å²) in [5.41, 5.74) is 0. The summed E-state index contributed by atoms with van der Waals surface area (Å²) in [6.07, 6.45) is 52.4. The smallest absolute Gasteiger partial charge is 0.306 e. The molecule has 0 bridgehead atoms. The number of carboxylic acids is 1. The van der Waals surface area contributed by atoms with Crippen LogP contribution in [-0.2, 0) is 28.6 Å². The first-order valence-corrected chi connectivity index (χ1v) is 24.3. The molecule has 0 aromatic carbocycles. The number of hydrogen-bond acceptors (Lipinski definition) is 7. The number of unbranched alkanes of at least 4 members (excludes halogenated alkanes) is 19. The number of esters is 2. The van der Waals surface area contributed by atoms with Gasteiger partial charge in [-0.2, -0.15) is 0 Å². The molecule has 0 aromatic heterocycles. The average Bonchev–Trinajstić information content (AvgIpc) is 3.21. The molecule has 0 rings (SSSR count). The average molecular weight is 842 g/mol. The van der Waals surface area contributed by atoms with Crippen molar-refractivity contribution in [2.45, 2.75) is 212 Å². The first-order valence-electron chi connectivity index (χ1n) is 24.3. The van der Waals surface area contributed by atoms with Crippen LogP contribution in [0.25, 0.3) is 0 Å². The number of ether oxygens (including phenoxy) is 3. The number of carbonyl (C=O) groups is 3. The van der Waals surface area contributed by atoms with Crippen molar-refractivity contribution in [3.63, 3.8) is 0 Å². The van der Waals surface area contributed by atoms with Crippen LogP contribution >= 0.6 is 0 Å². The van der Waals surface area contributed by atoms with Crippen LogP contribution in [0.3, 0.4) is 0 Å². The molecule has 0 aromatic rings. The molecule has 0 amide bonds. The van der Waals surface area contributed by atoms with Crippen molar-refractivity contribution in [2.24, 2.45) is 0 Å². The lowest BCUT2D eigenvalue weighted by atomic mass is 10.1. The Morgan fingerprint density at radius 2 is 0.933 bits per heavy atom. The highest BCUT2D eigenvalue weighted by molar-refractivity contribution is 5.70. The van der Waals surface area contributed by atoms with Gasteiger partial charge in [0.15, 0.2) is 6.10 Å². The summed E-state index contributed by atoms with van der Waals surface area (Å²) in [4.78, 5) is 37.0. The highest BCUT2D eigenvalue weighted by Crippen LogP contribution is 2.14. The molecular weight excluding hydrogens is 751 g/mol. The van der Waals surface area contributed by atoms with Crippen LogP contribution in [0.4, 0.5) is 0 Å². The molecule has 346 valence electrons. The second kappa shape index (κ2) is 42.7. The number of likely N-dealkylation sites (N-methyl/N-ethyl adjacent to an activating group) is 1. The standard InChI is InChI=1S/C52H91NO7/c1-6-8-10-12-14-16-18-20-22-24-25-27-28-30-32-34-36-38-40-42-50(54)59-47-48(46-58-45-44-49(52(56)57)53(3,4)5)60-51(55)43-41-39-37-35-33-31-29-26-23-21-19-17-15-13-11-9-7-2/h8,10,14-17,20-23,48-49H,6-7,9,11-13,18-19,24-47H2,1-5H3/b10-8+,16-14+,17-15+,22-20+,23-21+. The molecule has 0 spiro atoms. The highest BCUT2D eigenvalue weighted by atomic mass is 16.6. The van der Waals surface area contributed by atoms with E-state index in [-0.39, 0.29) is 42.7 Å². The van der Waals surface area contributed by atoms with E-state index in [2.05, 4.69) is 74.6 Å². The molecular formula is C52H91NO7. The van der Waals surface area contributed by atoms with E-state index >= 15 is 0 Å². The minimum atomic E-state index is -1.13. The monoisotopic (exact) mass is 842 g/mol. The lowest BCUT2D eigenvalue weighted by molar-refractivity contribution is -0.889. The van der Waals surface area contributed by atoms with Gasteiger partial charge < -0.3 is 28.6 Å². The van der Waals surface area contributed by atoms with E-state index in [1.165, 1.54) is 89.9 Å².